The molecule has 6 heteroatoms. The number of carbonyl (C=O) groups is 2. The molecule has 0 spiro atoms. The Morgan fingerprint density at radius 1 is 1.09 bits per heavy atom. The highest BCUT2D eigenvalue weighted by atomic mass is 16.5. The average molecular weight is 317 g/mol. The monoisotopic (exact) mass is 317 g/mol. The van der Waals surface area contributed by atoms with E-state index in [1.807, 2.05) is 0 Å². The van der Waals surface area contributed by atoms with Gasteiger partial charge in [-0.05, 0) is 37.8 Å². The number of amides is 2. The number of rotatable bonds is 4. The maximum atomic E-state index is 12.4. The fourth-order valence-corrected chi connectivity index (χ4v) is 3.32. The highest BCUT2D eigenvalue weighted by Gasteiger charge is 2.27. The summed E-state index contributed by atoms with van der Waals surface area (Å²) in [6.07, 6.45) is 8.70. The van der Waals surface area contributed by atoms with Gasteiger partial charge < -0.3 is 15.4 Å². The summed E-state index contributed by atoms with van der Waals surface area (Å²) in [5, 5.41) is 0. The molecule has 2 heterocycles. The van der Waals surface area contributed by atoms with Crippen LogP contribution in [0, 0.1) is 0 Å². The largest absolute Gasteiger partial charge is 0.375 e. The third kappa shape index (κ3) is 3.88. The standard InChI is InChI=1S/C17H23N3O3/c18-16(21)12-5-6-15(19-11-12)17(22)20-9-7-14(8-10-20)23-13-3-1-2-4-13/h5-6,11,13-14H,1-4,7-10H2,(H2,18,21). The van der Waals surface area contributed by atoms with Gasteiger partial charge in [0, 0.05) is 19.3 Å². The summed E-state index contributed by atoms with van der Waals surface area (Å²) in [4.78, 5) is 29.3. The summed E-state index contributed by atoms with van der Waals surface area (Å²) < 4.78 is 6.12. The van der Waals surface area contributed by atoms with Gasteiger partial charge in [-0.1, -0.05) is 12.8 Å². The number of carbonyl (C=O) groups excluding carboxylic acids is 2. The minimum absolute atomic E-state index is 0.0969. The van der Waals surface area contributed by atoms with Crippen molar-refractivity contribution in [3.63, 3.8) is 0 Å². The van der Waals surface area contributed by atoms with Gasteiger partial charge in [0.15, 0.2) is 0 Å². The molecule has 1 aromatic heterocycles. The van der Waals surface area contributed by atoms with Gasteiger partial charge in [0.25, 0.3) is 5.91 Å². The van der Waals surface area contributed by atoms with E-state index in [0.29, 0.717) is 30.5 Å². The molecule has 0 unspecified atom stereocenters. The smallest absolute Gasteiger partial charge is 0.272 e. The first-order valence-corrected chi connectivity index (χ1v) is 8.34. The zero-order valence-electron chi connectivity index (χ0n) is 13.2. The zero-order valence-corrected chi connectivity index (χ0v) is 13.2. The highest BCUT2D eigenvalue weighted by Crippen LogP contribution is 2.25. The molecule has 0 radical (unpaired) electrons. The van der Waals surface area contributed by atoms with E-state index in [4.69, 9.17) is 10.5 Å². The molecule has 2 aliphatic rings. The third-order valence-electron chi connectivity index (χ3n) is 4.68. The molecule has 0 bridgehead atoms. The molecule has 2 amide bonds. The Hall–Kier alpha value is -1.95. The molecule has 124 valence electrons. The van der Waals surface area contributed by atoms with E-state index in [0.717, 1.165) is 12.8 Å². The lowest BCUT2D eigenvalue weighted by Gasteiger charge is -2.33. The Morgan fingerprint density at radius 2 is 1.74 bits per heavy atom. The van der Waals surface area contributed by atoms with Gasteiger partial charge in [0.2, 0.25) is 5.91 Å². The average Bonchev–Trinajstić information content (AvgIpc) is 3.08. The molecule has 1 aliphatic heterocycles. The van der Waals surface area contributed by atoms with Crippen molar-refractivity contribution in [1.82, 2.24) is 9.88 Å². The van der Waals surface area contributed by atoms with E-state index in [1.165, 1.54) is 31.9 Å². The summed E-state index contributed by atoms with van der Waals surface area (Å²) >= 11 is 0. The lowest BCUT2D eigenvalue weighted by molar-refractivity contribution is -0.0358. The van der Waals surface area contributed by atoms with Gasteiger partial charge in [-0.2, -0.15) is 0 Å². The van der Waals surface area contributed by atoms with E-state index >= 15 is 0 Å². The Bertz CT molecular complexity index is 559. The lowest BCUT2D eigenvalue weighted by Crippen LogP contribution is -2.42. The van der Waals surface area contributed by atoms with Crippen molar-refractivity contribution in [3.05, 3.63) is 29.6 Å². The molecule has 1 aliphatic carbocycles. The second kappa shape index (κ2) is 7.08. The van der Waals surface area contributed by atoms with Crippen molar-refractivity contribution in [2.45, 2.75) is 50.7 Å². The molecule has 6 nitrogen and oxygen atoms in total. The summed E-state index contributed by atoms with van der Waals surface area (Å²) in [6.45, 7) is 1.38. The fourth-order valence-electron chi connectivity index (χ4n) is 3.32. The van der Waals surface area contributed by atoms with Crippen LogP contribution in [0.3, 0.4) is 0 Å². The minimum atomic E-state index is -0.540. The lowest BCUT2D eigenvalue weighted by atomic mass is 10.1. The van der Waals surface area contributed by atoms with Crippen molar-refractivity contribution in [2.75, 3.05) is 13.1 Å². The van der Waals surface area contributed by atoms with Crippen LogP contribution in [0.2, 0.25) is 0 Å². The van der Waals surface area contributed by atoms with Gasteiger partial charge in [0.05, 0.1) is 17.8 Å². The highest BCUT2D eigenvalue weighted by molar-refractivity contribution is 5.95. The van der Waals surface area contributed by atoms with Gasteiger partial charge in [-0.25, -0.2) is 0 Å². The molecule has 2 fully saturated rings. The van der Waals surface area contributed by atoms with Gasteiger partial charge in [-0.15, -0.1) is 0 Å². The molecule has 0 aromatic carbocycles. The molecule has 23 heavy (non-hydrogen) atoms. The van der Waals surface area contributed by atoms with Gasteiger partial charge >= 0.3 is 0 Å². The minimum Gasteiger partial charge on any atom is -0.375 e. The Balaban J connectivity index is 1.52. The second-order valence-corrected chi connectivity index (χ2v) is 6.33. The van der Waals surface area contributed by atoms with Crippen molar-refractivity contribution in [1.29, 1.82) is 0 Å². The SMILES string of the molecule is NC(=O)c1ccc(C(=O)N2CCC(OC3CCCC3)CC2)nc1. The van der Waals surface area contributed by atoms with E-state index in [1.54, 1.807) is 17.0 Å². The number of nitrogens with two attached hydrogens (primary N) is 1. The third-order valence-corrected chi connectivity index (χ3v) is 4.68. The van der Waals surface area contributed by atoms with E-state index in [9.17, 15) is 9.59 Å². The first-order valence-electron chi connectivity index (χ1n) is 8.34. The van der Waals surface area contributed by atoms with Crippen molar-refractivity contribution >= 4 is 11.8 Å². The predicted octanol–water partition coefficient (Wildman–Crippen LogP) is 1.74. The number of primary amides is 1. The fraction of sp³-hybridized carbons (Fsp3) is 0.588. The number of likely N-dealkylation sites (tertiary alicyclic amines) is 1. The van der Waals surface area contributed by atoms with Crippen molar-refractivity contribution in [3.8, 4) is 0 Å². The zero-order chi connectivity index (χ0) is 16.2. The second-order valence-electron chi connectivity index (χ2n) is 6.33. The molecular formula is C17H23N3O3. The molecule has 1 saturated carbocycles. The molecule has 2 N–H and O–H groups in total. The quantitative estimate of drug-likeness (QED) is 0.916. The number of hydrogen-bond acceptors (Lipinski definition) is 4. The van der Waals surface area contributed by atoms with Crippen LogP contribution in [0.15, 0.2) is 18.3 Å². The van der Waals surface area contributed by atoms with E-state index in [-0.39, 0.29) is 12.0 Å². The van der Waals surface area contributed by atoms with Crippen LogP contribution in [0.25, 0.3) is 0 Å². The maximum Gasteiger partial charge on any atom is 0.272 e. The topological polar surface area (TPSA) is 85.5 Å². The Labute approximate surface area is 136 Å². The van der Waals surface area contributed by atoms with Crippen LogP contribution < -0.4 is 5.73 Å². The summed E-state index contributed by atoms with van der Waals surface area (Å²) in [5.74, 6) is -0.637. The summed E-state index contributed by atoms with van der Waals surface area (Å²) in [7, 11) is 0. The van der Waals surface area contributed by atoms with Crippen molar-refractivity contribution < 1.29 is 14.3 Å². The van der Waals surface area contributed by atoms with Crippen LogP contribution in [-0.4, -0.2) is 47.0 Å². The van der Waals surface area contributed by atoms with E-state index in [2.05, 4.69) is 4.98 Å². The van der Waals surface area contributed by atoms with Gasteiger partial charge in [-0.3, -0.25) is 14.6 Å². The van der Waals surface area contributed by atoms with Crippen LogP contribution in [0.5, 0.6) is 0 Å². The van der Waals surface area contributed by atoms with E-state index < -0.39 is 5.91 Å². The first kappa shape index (κ1) is 15.9. The van der Waals surface area contributed by atoms with Crippen molar-refractivity contribution in [2.24, 2.45) is 5.73 Å². The number of hydrogen-bond donors (Lipinski definition) is 1. The first-order chi connectivity index (χ1) is 11.1. The van der Waals surface area contributed by atoms with Crippen LogP contribution >= 0.6 is 0 Å². The number of ether oxygens (including phenoxy) is 1. The molecule has 0 atom stereocenters. The van der Waals surface area contributed by atoms with Gasteiger partial charge in [0.1, 0.15) is 5.69 Å². The molecule has 1 aromatic rings. The molecule has 1 saturated heterocycles. The molecule has 3 rings (SSSR count). The van der Waals surface area contributed by atoms with Crippen LogP contribution in [0.4, 0.5) is 0 Å². The number of nitrogens with zero attached hydrogens (tertiary/aromatic N) is 2. The van der Waals surface area contributed by atoms with Crippen LogP contribution in [0.1, 0.15) is 59.4 Å². The Morgan fingerprint density at radius 3 is 2.30 bits per heavy atom. The van der Waals surface area contributed by atoms with Crippen LogP contribution in [-0.2, 0) is 4.74 Å². The predicted molar refractivity (Wildman–Crippen MR) is 85.0 cm³/mol. The number of pyridine rings is 1. The molecular weight excluding hydrogens is 294 g/mol. The Kier molecular flexibility index (Phi) is 4.91. The number of piperidine rings is 1. The maximum absolute atomic E-state index is 12.4. The normalized spacial score (nSPS) is 19.9. The number of aromatic nitrogens is 1. The summed E-state index contributed by atoms with van der Waals surface area (Å²) in [6, 6.07) is 3.10. The summed E-state index contributed by atoms with van der Waals surface area (Å²) in [5.41, 5.74) is 5.84.